The standard InChI is InChI=1S/C17H21ClN2/c1-12-8-10-14(11-9-12)13(2)19-16-7-5-6-15(18)17(16)20(3)4/h5-11,13,19H,1-4H3. The minimum atomic E-state index is 0.229. The summed E-state index contributed by atoms with van der Waals surface area (Å²) in [5, 5.41) is 4.30. The molecule has 0 saturated carbocycles. The van der Waals surface area contributed by atoms with Crippen molar-refractivity contribution in [2.24, 2.45) is 0 Å². The largest absolute Gasteiger partial charge is 0.377 e. The molecule has 0 saturated heterocycles. The molecule has 0 bridgehead atoms. The van der Waals surface area contributed by atoms with E-state index in [-0.39, 0.29) is 6.04 Å². The second kappa shape index (κ2) is 6.19. The van der Waals surface area contributed by atoms with E-state index in [9.17, 15) is 0 Å². The zero-order valence-corrected chi connectivity index (χ0v) is 13.2. The number of nitrogens with zero attached hydrogens (tertiary/aromatic N) is 1. The van der Waals surface area contributed by atoms with E-state index in [1.165, 1.54) is 11.1 Å². The van der Waals surface area contributed by atoms with Gasteiger partial charge in [0.1, 0.15) is 0 Å². The van der Waals surface area contributed by atoms with Crippen molar-refractivity contribution in [1.82, 2.24) is 0 Å². The Balaban J connectivity index is 2.26. The second-order valence-corrected chi connectivity index (χ2v) is 5.71. The van der Waals surface area contributed by atoms with E-state index in [0.717, 1.165) is 16.4 Å². The SMILES string of the molecule is Cc1ccc(C(C)Nc2cccc(Cl)c2N(C)C)cc1. The maximum atomic E-state index is 6.29. The molecule has 2 rings (SSSR count). The maximum absolute atomic E-state index is 6.29. The zero-order chi connectivity index (χ0) is 14.7. The molecule has 1 unspecified atom stereocenters. The number of benzene rings is 2. The Labute approximate surface area is 126 Å². The summed E-state index contributed by atoms with van der Waals surface area (Å²) in [5.41, 5.74) is 4.61. The van der Waals surface area contributed by atoms with Crippen LogP contribution in [0.5, 0.6) is 0 Å². The Morgan fingerprint density at radius 1 is 1.05 bits per heavy atom. The third-order valence-corrected chi connectivity index (χ3v) is 3.69. The van der Waals surface area contributed by atoms with Crippen LogP contribution in [0.3, 0.4) is 0 Å². The van der Waals surface area contributed by atoms with Gasteiger partial charge in [0, 0.05) is 20.1 Å². The molecule has 2 nitrogen and oxygen atoms in total. The highest BCUT2D eigenvalue weighted by molar-refractivity contribution is 6.34. The lowest BCUT2D eigenvalue weighted by Crippen LogP contribution is -2.14. The molecular weight excluding hydrogens is 268 g/mol. The topological polar surface area (TPSA) is 15.3 Å². The van der Waals surface area contributed by atoms with Gasteiger partial charge in [-0.3, -0.25) is 0 Å². The summed E-state index contributed by atoms with van der Waals surface area (Å²) in [4.78, 5) is 2.03. The Hall–Kier alpha value is -1.67. The van der Waals surface area contributed by atoms with Crippen LogP contribution in [0.2, 0.25) is 5.02 Å². The molecule has 0 aromatic heterocycles. The van der Waals surface area contributed by atoms with E-state index in [4.69, 9.17) is 11.6 Å². The minimum absolute atomic E-state index is 0.229. The Morgan fingerprint density at radius 2 is 1.70 bits per heavy atom. The highest BCUT2D eigenvalue weighted by Gasteiger charge is 2.12. The van der Waals surface area contributed by atoms with Gasteiger partial charge in [-0.15, -0.1) is 0 Å². The Bertz CT molecular complexity index is 576. The molecule has 1 atom stereocenters. The lowest BCUT2D eigenvalue weighted by atomic mass is 10.1. The van der Waals surface area contributed by atoms with Gasteiger partial charge in [-0.25, -0.2) is 0 Å². The van der Waals surface area contributed by atoms with Crippen molar-refractivity contribution in [1.29, 1.82) is 0 Å². The lowest BCUT2D eigenvalue weighted by Gasteiger charge is -2.23. The van der Waals surface area contributed by atoms with Crippen LogP contribution < -0.4 is 10.2 Å². The highest BCUT2D eigenvalue weighted by Crippen LogP contribution is 2.34. The number of hydrogen-bond acceptors (Lipinski definition) is 2. The van der Waals surface area contributed by atoms with Crippen molar-refractivity contribution < 1.29 is 0 Å². The monoisotopic (exact) mass is 288 g/mol. The van der Waals surface area contributed by atoms with Crippen LogP contribution >= 0.6 is 11.6 Å². The lowest BCUT2D eigenvalue weighted by molar-refractivity contribution is 0.882. The van der Waals surface area contributed by atoms with Gasteiger partial charge in [-0.2, -0.15) is 0 Å². The summed E-state index contributed by atoms with van der Waals surface area (Å²) in [6.07, 6.45) is 0. The third kappa shape index (κ3) is 3.26. The molecule has 0 amide bonds. The van der Waals surface area contributed by atoms with E-state index in [0.29, 0.717) is 0 Å². The Kier molecular flexibility index (Phi) is 4.56. The average Bonchev–Trinajstić information content (AvgIpc) is 2.39. The summed E-state index contributed by atoms with van der Waals surface area (Å²) in [6, 6.07) is 14.8. The number of rotatable bonds is 4. The molecule has 3 heteroatoms. The molecule has 0 fully saturated rings. The van der Waals surface area contributed by atoms with E-state index < -0.39 is 0 Å². The number of nitrogens with one attached hydrogen (secondary N) is 1. The van der Waals surface area contributed by atoms with Gasteiger partial charge < -0.3 is 10.2 Å². The minimum Gasteiger partial charge on any atom is -0.377 e. The zero-order valence-electron chi connectivity index (χ0n) is 12.4. The molecule has 0 aliphatic rings. The summed E-state index contributed by atoms with van der Waals surface area (Å²) in [7, 11) is 4.01. The molecule has 2 aromatic carbocycles. The van der Waals surface area contributed by atoms with Crippen LogP contribution in [0.1, 0.15) is 24.1 Å². The predicted octanol–water partition coefficient (Wildman–Crippen LogP) is 4.89. The molecule has 20 heavy (non-hydrogen) atoms. The Morgan fingerprint density at radius 3 is 2.30 bits per heavy atom. The first-order chi connectivity index (χ1) is 9.49. The summed E-state index contributed by atoms with van der Waals surface area (Å²) in [6.45, 7) is 4.26. The van der Waals surface area contributed by atoms with Crippen LogP contribution in [0.15, 0.2) is 42.5 Å². The van der Waals surface area contributed by atoms with Gasteiger partial charge in [0.2, 0.25) is 0 Å². The van der Waals surface area contributed by atoms with Gasteiger partial charge >= 0.3 is 0 Å². The molecule has 1 N–H and O–H groups in total. The van der Waals surface area contributed by atoms with Crippen molar-refractivity contribution in [3.05, 3.63) is 58.6 Å². The third-order valence-electron chi connectivity index (χ3n) is 3.38. The number of aryl methyl sites for hydroxylation is 1. The number of hydrogen-bond donors (Lipinski definition) is 1. The van der Waals surface area contributed by atoms with Crippen molar-refractivity contribution in [3.63, 3.8) is 0 Å². The number of anilines is 2. The predicted molar refractivity (Wildman–Crippen MR) is 89.0 cm³/mol. The second-order valence-electron chi connectivity index (χ2n) is 5.31. The molecule has 0 aliphatic carbocycles. The molecule has 2 aromatic rings. The van der Waals surface area contributed by atoms with Gasteiger partial charge in [0.25, 0.3) is 0 Å². The molecule has 0 spiro atoms. The molecular formula is C17H21ClN2. The van der Waals surface area contributed by atoms with E-state index in [1.807, 2.05) is 31.1 Å². The fraction of sp³-hybridized carbons (Fsp3) is 0.294. The smallest absolute Gasteiger partial charge is 0.0786 e. The van der Waals surface area contributed by atoms with Gasteiger partial charge in [0.15, 0.2) is 0 Å². The number of halogens is 1. The van der Waals surface area contributed by atoms with Gasteiger partial charge in [-0.05, 0) is 31.5 Å². The van der Waals surface area contributed by atoms with E-state index in [1.54, 1.807) is 0 Å². The quantitative estimate of drug-likeness (QED) is 0.862. The highest BCUT2D eigenvalue weighted by atomic mass is 35.5. The first-order valence-electron chi connectivity index (χ1n) is 6.78. The summed E-state index contributed by atoms with van der Waals surface area (Å²) >= 11 is 6.29. The average molecular weight is 289 g/mol. The van der Waals surface area contributed by atoms with Crippen LogP contribution in [0.4, 0.5) is 11.4 Å². The normalized spacial score (nSPS) is 12.1. The van der Waals surface area contributed by atoms with Crippen LogP contribution in [-0.4, -0.2) is 14.1 Å². The van der Waals surface area contributed by atoms with Crippen LogP contribution in [-0.2, 0) is 0 Å². The van der Waals surface area contributed by atoms with Crippen molar-refractivity contribution in [2.45, 2.75) is 19.9 Å². The maximum Gasteiger partial charge on any atom is 0.0786 e. The molecule has 0 heterocycles. The summed E-state index contributed by atoms with van der Waals surface area (Å²) in [5.74, 6) is 0. The van der Waals surface area contributed by atoms with Crippen LogP contribution in [0.25, 0.3) is 0 Å². The molecule has 0 radical (unpaired) electrons. The van der Waals surface area contributed by atoms with E-state index >= 15 is 0 Å². The summed E-state index contributed by atoms with van der Waals surface area (Å²) < 4.78 is 0. The number of para-hydroxylation sites is 1. The first kappa shape index (κ1) is 14.7. The fourth-order valence-electron chi connectivity index (χ4n) is 2.26. The van der Waals surface area contributed by atoms with Gasteiger partial charge in [0.05, 0.1) is 16.4 Å². The van der Waals surface area contributed by atoms with Crippen molar-refractivity contribution in [3.8, 4) is 0 Å². The first-order valence-corrected chi connectivity index (χ1v) is 7.16. The fourth-order valence-corrected chi connectivity index (χ4v) is 2.60. The van der Waals surface area contributed by atoms with E-state index in [2.05, 4.69) is 49.5 Å². The van der Waals surface area contributed by atoms with Crippen molar-refractivity contribution in [2.75, 3.05) is 24.3 Å². The molecule has 106 valence electrons. The van der Waals surface area contributed by atoms with Crippen LogP contribution in [0, 0.1) is 6.92 Å². The molecule has 0 aliphatic heterocycles. The van der Waals surface area contributed by atoms with Gasteiger partial charge in [-0.1, -0.05) is 47.5 Å². The van der Waals surface area contributed by atoms with Crippen molar-refractivity contribution >= 4 is 23.0 Å².